The summed E-state index contributed by atoms with van der Waals surface area (Å²) in [5, 5.41) is 1.05. The van der Waals surface area contributed by atoms with Gasteiger partial charge in [-0.1, -0.05) is 6.07 Å². The molecule has 6 nitrogen and oxygen atoms in total. The molecular formula is C24H23N5O. The Labute approximate surface area is 175 Å². The number of nitrogens with zero attached hydrogens (tertiary/aromatic N) is 4. The van der Waals surface area contributed by atoms with Crippen molar-refractivity contribution in [3.05, 3.63) is 71.7 Å². The summed E-state index contributed by atoms with van der Waals surface area (Å²) in [5.41, 5.74) is 13.7. The van der Waals surface area contributed by atoms with Crippen LogP contribution in [0.2, 0.25) is 0 Å². The van der Waals surface area contributed by atoms with E-state index in [0.717, 1.165) is 58.6 Å². The molecule has 2 aromatic heterocycles. The van der Waals surface area contributed by atoms with Crippen molar-refractivity contribution in [1.29, 1.82) is 0 Å². The monoisotopic (exact) mass is 397 g/mol. The summed E-state index contributed by atoms with van der Waals surface area (Å²) in [5.74, 6) is 1.56. The van der Waals surface area contributed by atoms with Gasteiger partial charge in [-0.25, -0.2) is 15.0 Å². The van der Waals surface area contributed by atoms with Crippen molar-refractivity contribution in [1.82, 2.24) is 15.0 Å². The molecule has 0 radical (unpaired) electrons. The van der Waals surface area contributed by atoms with Gasteiger partial charge in [0.15, 0.2) is 0 Å². The lowest BCUT2D eigenvalue weighted by molar-refractivity contribution is 0.398. The topological polar surface area (TPSA) is 77.2 Å². The fourth-order valence-electron chi connectivity index (χ4n) is 4.18. The van der Waals surface area contributed by atoms with Gasteiger partial charge in [0.1, 0.15) is 12.1 Å². The molecule has 6 heteroatoms. The Morgan fingerprint density at radius 1 is 0.967 bits per heavy atom. The molecule has 0 atom stereocenters. The number of hydrogen-bond acceptors (Lipinski definition) is 6. The maximum absolute atomic E-state index is 6.02. The van der Waals surface area contributed by atoms with Crippen LogP contribution in [0.1, 0.15) is 16.7 Å². The van der Waals surface area contributed by atoms with Gasteiger partial charge < -0.3 is 15.4 Å². The van der Waals surface area contributed by atoms with E-state index in [0.29, 0.717) is 5.88 Å². The van der Waals surface area contributed by atoms with Gasteiger partial charge in [0.2, 0.25) is 5.88 Å². The Hall–Kier alpha value is -3.67. The van der Waals surface area contributed by atoms with E-state index in [2.05, 4.69) is 51.0 Å². The van der Waals surface area contributed by atoms with Gasteiger partial charge in [0.05, 0.1) is 12.6 Å². The highest BCUT2D eigenvalue weighted by Gasteiger charge is 2.20. The van der Waals surface area contributed by atoms with Crippen molar-refractivity contribution >= 4 is 22.4 Å². The van der Waals surface area contributed by atoms with Crippen molar-refractivity contribution in [2.45, 2.75) is 19.9 Å². The Bertz CT molecular complexity index is 1240. The zero-order valence-corrected chi connectivity index (χ0v) is 17.1. The van der Waals surface area contributed by atoms with Crippen molar-refractivity contribution < 1.29 is 4.74 Å². The molecule has 0 saturated heterocycles. The van der Waals surface area contributed by atoms with Crippen LogP contribution in [0.25, 0.3) is 22.0 Å². The number of methoxy groups -OCH3 is 1. The summed E-state index contributed by atoms with van der Waals surface area (Å²) in [6.07, 6.45) is 4.47. The second-order valence-electron chi connectivity index (χ2n) is 7.68. The van der Waals surface area contributed by atoms with Gasteiger partial charge in [-0.3, -0.25) is 0 Å². The van der Waals surface area contributed by atoms with E-state index in [1.807, 2.05) is 24.4 Å². The summed E-state index contributed by atoms with van der Waals surface area (Å²) in [6.45, 7) is 3.79. The Kier molecular flexibility index (Phi) is 4.47. The highest BCUT2D eigenvalue weighted by Crippen LogP contribution is 2.33. The van der Waals surface area contributed by atoms with Crippen LogP contribution in [0, 0.1) is 6.92 Å². The standard InChI is InChI=1S/C24H23N5O/c1-15-9-18(17-4-6-22(30-2)26-12-17)11-21-23(15)27-14-28-24(21)29-8-7-16-3-5-20(25)10-19(16)13-29/h3-6,9-12,14H,7-8,13,25H2,1-2H3. The molecule has 4 aromatic rings. The Morgan fingerprint density at radius 3 is 2.67 bits per heavy atom. The maximum atomic E-state index is 6.02. The average molecular weight is 397 g/mol. The molecule has 2 N–H and O–H groups in total. The molecule has 2 aromatic carbocycles. The third-order valence-corrected chi connectivity index (χ3v) is 5.73. The van der Waals surface area contributed by atoms with Crippen LogP contribution in [0.15, 0.2) is 55.0 Å². The number of pyridine rings is 1. The lowest BCUT2D eigenvalue weighted by Gasteiger charge is -2.30. The number of nitrogen functional groups attached to an aromatic ring is 1. The summed E-state index contributed by atoms with van der Waals surface area (Å²) in [6, 6.07) is 14.4. The van der Waals surface area contributed by atoms with Crippen LogP contribution in [-0.4, -0.2) is 28.6 Å². The van der Waals surface area contributed by atoms with Crippen molar-refractivity contribution in [2.75, 3.05) is 24.3 Å². The molecule has 0 saturated carbocycles. The van der Waals surface area contributed by atoms with Crippen LogP contribution >= 0.6 is 0 Å². The molecule has 0 bridgehead atoms. The molecule has 0 aliphatic carbocycles. The summed E-state index contributed by atoms with van der Waals surface area (Å²) < 4.78 is 5.19. The average Bonchev–Trinajstić information content (AvgIpc) is 2.78. The van der Waals surface area contributed by atoms with Crippen LogP contribution in [0.4, 0.5) is 11.5 Å². The summed E-state index contributed by atoms with van der Waals surface area (Å²) in [4.78, 5) is 15.9. The lowest BCUT2D eigenvalue weighted by atomic mass is 9.98. The van der Waals surface area contributed by atoms with Gasteiger partial charge in [-0.2, -0.15) is 0 Å². The maximum Gasteiger partial charge on any atom is 0.212 e. The van der Waals surface area contributed by atoms with E-state index in [-0.39, 0.29) is 0 Å². The number of fused-ring (bicyclic) bond motifs is 2. The zero-order chi connectivity index (χ0) is 20.7. The molecule has 5 rings (SSSR count). The molecule has 0 unspecified atom stereocenters. The molecule has 0 spiro atoms. The number of nitrogens with two attached hydrogens (primary N) is 1. The van der Waals surface area contributed by atoms with E-state index in [1.54, 1.807) is 13.4 Å². The molecule has 0 fully saturated rings. The molecule has 0 amide bonds. The lowest BCUT2D eigenvalue weighted by Crippen LogP contribution is -2.31. The predicted octanol–water partition coefficient (Wildman–Crippen LogP) is 4.15. The minimum Gasteiger partial charge on any atom is -0.481 e. The number of benzene rings is 2. The number of aryl methyl sites for hydroxylation is 1. The quantitative estimate of drug-likeness (QED) is 0.523. The largest absolute Gasteiger partial charge is 0.481 e. The predicted molar refractivity (Wildman–Crippen MR) is 120 cm³/mol. The Balaban J connectivity index is 1.59. The molecular weight excluding hydrogens is 374 g/mol. The number of anilines is 2. The first kappa shape index (κ1) is 18.4. The second kappa shape index (κ2) is 7.30. The molecule has 1 aliphatic heterocycles. The van der Waals surface area contributed by atoms with Crippen LogP contribution in [-0.2, 0) is 13.0 Å². The molecule has 150 valence electrons. The highest BCUT2D eigenvalue weighted by molar-refractivity contribution is 5.95. The molecule has 1 aliphatic rings. The van der Waals surface area contributed by atoms with E-state index >= 15 is 0 Å². The van der Waals surface area contributed by atoms with Gasteiger partial charge >= 0.3 is 0 Å². The second-order valence-corrected chi connectivity index (χ2v) is 7.68. The van der Waals surface area contributed by atoms with E-state index in [1.165, 1.54) is 11.1 Å². The van der Waals surface area contributed by atoms with Gasteiger partial charge in [0, 0.05) is 42.0 Å². The summed E-state index contributed by atoms with van der Waals surface area (Å²) >= 11 is 0. The highest BCUT2D eigenvalue weighted by atomic mass is 16.5. The fraction of sp³-hybridized carbons (Fsp3) is 0.208. The normalized spacial score (nSPS) is 13.3. The van der Waals surface area contributed by atoms with Gasteiger partial charge in [-0.15, -0.1) is 0 Å². The minimum atomic E-state index is 0.603. The third-order valence-electron chi connectivity index (χ3n) is 5.73. The number of hydrogen-bond donors (Lipinski definition) is 1. The van der Waals surface area contributed by atoms with Gasteiger partial charge in [0.25, 0.3) is 0 Å². The zero-order valence-electron chi connectivity index (χ0n) is 17.1. The van der Waals surface area contributed by atoms with Gasteiger partial charge in [-0.05, 0) is 65.9 Å². The number of ether oxygens (including phenoxy) is 1. The number of rotatable bonds is 3. The van der Waals surface area contributed by atoms with Crippen LogP contribution in [0.3, 0.4) is 0 Å². The summed E-state index contributed by atoms with van der Waals surface area (Å²) in [7, 11) is 1.62. The van der Waals surface area contributed by atoms with Crippen LogP contribution in [0.5, 0.6) is 5.88 Å². The first-order valence-corrected chi connectivity index (χ1v) is 10.0. The Morgan fingerprint density at radius 2 is 1.87 bits per heavy atom. The first-order chi connectivity index (χ1) is 14.6. The minimum absolute atomic E-state index is 0.603. The van der Waals surface area contributed by atoms with E-state index < -0.39 is 0 Å². The van der Waals surface area contributed by atoms with E-state index in [4.69, 9.17) is 10.5 Å². The smallest absolute Gasteiger partial charge is 0.212 e. The SMILES string of the molecule is COc1ccc(-c2cc(C)c3ncnc(N4CCc5ccc(N)cc5C4)c3c2)cn1. The van der Waals surface area contributed by atoms with E-state index in [9.17, 15) is 0 Å². The molecule has 30 heavy (non-hydrogen) atoms. The van der Waals surface area contributed by atoms with Crippen molar-refractivity contribution in [2.24, 2.45) is 0 Å². The third kappa shape index (κ3) is 3.20. The molecule has 3 heterocycles. The first-order valence-electron chi connectivity index (χ1n) is 10.0. The van der Waals surface area contributed by atoms with Crippen molar-refractivity contribution in [3.8, 4) is 17.0 Å². The van der Waals surface area contributed by atoms with Crippen molar-refractivity contribution in [3.63, 3.8) is 0 Å². The van der Waals surface area contributed by atoms with Crippen LogP contribution < -0.4 is 15.4 Å². The fourth-order valence-corrected chi connectivity index (χ4v) is 4.18. The number of aromatic nitrogens is 3.